The maximum Gasteiger partial charge on any atom is 0.207 e. The Morgan fingerprint density at radius 1 is 0.705 bits per heavy atom. The molecule has 5 aromatic carbocycles. The van der Waals surface area contributed by atoms with Gasteiger partial charge >= 0.3 is 0 Å². The van der Waals surface area contributed by atoms with Gasteiger partial charge < -0.3 is 19.4 Å². The average molecular weight is 835 g/mol. The summed E-state index contributed by atoms with van der Waals surface area (Å²) in [5, 5.41) is 10.3. The van der Waals surface area contributed by atoms with E-state index in [0.717, 1.165) is 131 Å². The number of hydrogen-bond acceptors (Lipinski definition) is 5. The highest BCUT2D eigenvalue weighted by molar-refractivity contribution is 7.95. The van der Waals surface area contributed by atoms with Crippen molar-refractivity contribution in [3.63, 3.8) is 0 Å². The first kappa shape index (κ1) is 43.6. The third-order valence-electron chi connectivity index (χ3n) is 11.8. The van der Waals surface area contributed by atoms with Crippen molar-refractivity contribution >= 4 is 59.6 Å². The molecule has 0 atom stereocenters. The molecule has 0 bridgehead atoms. The van der Waals surface area contributed by atoms with Gasteiger partial charge in [0.2, 0.25) is 9.84 Å². The predicted molar refractivity (Wildman–Crippen MR) is 258 cm³/mol. The zero-order valence-corrected chi connectivity index (χ0v) is 37.4. The van der Waals surface area contributed by atoms with E-state index in [2.05, 4.69) is 117 Å². The minimum Gasteiger partial charge on any atom is -0.493 e. The molecule has 6 nitrogen and oxygen atoms in total. The van der Waals surface area contributed by atoms with Crippen LogP contribution in [0.2, 0.25) is 0 Å². The van der Waals surface area contributed by atoms with Crippen LogP contribution in [0.5, 0.6) is 11.5 Å². The molecule has 0 unspecified atom stereocenters. The van der Waals surface area contributed by atoms with Crippen molar-refractivity contribution in [3.8, 4) is 11.5 Å². The minimum absolute atomic E-state index is 0.292. The Hall–Kier alpha value is -5.53. The number of nitrogens with zero attached hydrogens (tertiary/aromatic N) is 1. The minimum atomic E-state index is -3.86. The molecule has 1 aliphatic carbocycles. The van der Waals surface area contributed by atoms with Gasteiger partial charge in [-0.1, -0.05) is 133 Å². The van der Waals surface area contributed by atoms with Crippen molar-refractivity contribution < 1.29 is 17.9 Å². The third kappa shape index (κ3) is 9.38. The molecule has 0 spiro atoms. The lowest BCUT2D eigenvalue weighted by atomic mass is 9.96. The highest BCUT2D eigenvalue weighted by Crippen LogP contribution is 2.41. The van der Waals surface area contributed by atoms with E-state index >= 15 is 0 Å². The number of fused-ring (bicyclic) bond motifs is 1. The molecule has 0 saturated heterocycles. The maximum atomic E-state index is 14.7. The summed E-state index contributed by atoms with van der Waals surface area (Å²) in [7, 11) is -3.86. The molecule has 1 heterocycles. The van der Waals surface area contributed by atoms with Crippen molar-refractivity contribution in [2.24, 2.45) is 0 Å². The number of hydrogen-bond donors (Lipinski definition) is 1. The number of aryl methyl sites for hydroxylation is 1. The quantitative estimate of drug-likeness (QED) is 0.0578. The molecule has 0 radical (unpaired) electrons. The van der Waals surface area contributed by atoms with Crippen LogP contribution in [0.4, 0.5) is 5.69 Å². The summed E-state index contributed by atoms with van der Waals surface area (Å²) in [6.07, 6.45) is 17.8. The Kier molecular flexibility index (Phi) is 14.5. The first-order valence-electron chi connectivity index (χ1n) is 22.5. The van der Waals surface area contributed by atoms with Gasteiger partial charge in [0, 0.05) is 56.6 Å². The third-order valence-corrected chi connectivity index (χ3v) is 13.7. The summed E-state index contributed by atoms with van der Waals surface area (Å²) in [6.45, 7) is 16.4. The van der Waals surface area contributed by atoms with Gasteiger partial charge in [0.25, 0.3) is 0 Å². The number of nitrogens with one attached hydrogen (secondary N) is 1. The van der Waals surface area contributed by atoms with E-state index in [0.29, 0.717) is 35.9 Å². The van der Waals surface area contributed by atoms with Crippen LogP contribution in [0.25, 0.3) is 44.1 Å². The molecular weight excluding hydrogens is 773 g/mol. The Bertz CT molecular complexity index is 2760. The largest absolute Gasteiger partial charge is 0.493 e. The van der Waals surface area contributed by atoms with E-state index in [9.17, 15) is 8.42 Å². The van der Waals surface area contributed by atoms with Gasteiger partial charge in [0.1, 0.15) is 11.5 Å². The first-order valence-corrected chi connectivity index (χ1v) is 24.0. The smallest absolute Gasteiger partial charge is 0.207 e. The average Bonchev–Trinajstić information content (AvgIpc) is 3.84. The normalized spacial score (nSPS) is 14.4. The van der Waals surface area contributed by atoms with Crippen LogP contribution in [-0.4, -0.2) is 32.7 Å². The summed E-state index contributed by atoms with van der Waals surface area (Å²) in [4.78, 5) is 0.673. The highest BCUT2D eigenvalue weighted by atomic mass is 32.2. The number of unbranched alkanes of at least 4 members (excludes halogenated alkanes) is 4. The number of allylic oxidation sites excluding steroid dienone is 6. The number of sulfone groups is 1. The topological polar surface area (TPSA) is 69.6 Å². The van der Waals surface area contributed by atoms with Crippen LogP contribution in [0.3, 0.4) is 0 Å². The van der Waals surface area contributed by atoms with Gasteiger partial charge in [-0.25, -0.2) is 8.42 Å². The van der Waals surface area contributed by atoms with Crippen LogP contribution in [-0.2, 0) is 16.4 Å². The molecule has 7 rings (SSSR count). The van der Waals surface area contributed by atoms with Crippen LogP contribution in [0, 0.1) is 0 Å². The molecule has 0 aliphatic heterocycles. The summed E-state index contributed by atoms with van der Waals surface area (Å²) in [6, 6.07) is 30.0. The van der Waals surface area contributed by atoms with Crippen LogP contribution >= 0.6 is 0 Å². The fourth-order valence-corrected chi connectivity index (χ4v) is 10.2. The van der Waals surface area contributed by atoms with Crippen molar-refractivity contribution in [1.82, 2.24) is 4.57 Å². The van der Waals surface area contributed by atoms with E-state index in [4.69, 9.17) is 9.47 Å². The van der Waals surface area contributed by atoms with Gasteiger partial charge in [0.05, 0.1) is 23.0 Å². The summed E-state index contributed by atoms with van der Waals surface area (Å²) < 4.78 is 44.4. The molecule has 7 heteroatoms. The molecule has 0 amide bonds. The zero-order chi connectivity index (χ0) is 42.8. The summed E-state index contributed by atoms with van der Waals surface area (Å²) in [5.74, 6) is 1.77. The lowest BCUT2D eigenvalue weighted by Gasteiger charge is -2.17. The van der Waals surface area contributed by atoms with Crippen LogP contribution in [0.1, 0.15) is 97.5 Å². The highest BCUT2D eigenvalue weighted by Gasteiger charge is 2.31. The molecule has 61 heavy (non-hydrogen) atoms. The number of benzene rings is 5. The summed E-state index contributed by atoms with van der Waals surface area (Å²) in [5.41, 5.74) is 5.60. The van der Waals surface area contributed by atoms with Gasteiger partial charge in [0.15, 0.2) is 0 Å². The van der Waals surface area contributed by atoms with E-state index in [1.54, 1.807) is 24.3 Å². The van der Waals surface area contributed by atoms with Crippen molar-refractivity contribution in [1.29, 1.82) is 0 Å². The van der Waals surface area contributed by atoms with Gasteiger partial charge in [-0.3, -0.25) is 0 Å². The van der Waals surface area contributed by atoms with Gasteiger partial charge in [-0.05, 0) is 103 Å². The Balaban J connectivity index is 1.34. The van der Waals surface area contributed by atoms with Crippen molar-refractivity contribution in [2.45, 2.75) is 103 Å². The number of aromatic nitrogens is 1. The molecule has 0 saturated carbocycles. The van der Waals surface area contributed by atoms with E-state index < -0.39 is 9.84 Å². The lowest BCUT2D eigenvalue weighted by Crippen LogP contribution is -2.16. The molecule has 1 N–H and O–H groups in total. The number of anilines is 1. The number of ether oxygens (including phenoxy) is 2. The fourth-order valence-electron chi connectivity index (χ4n) is 8.46. The SMILES string of the molecule is C=C(/C=C/C1=C(S(=O)(=O)c2ccccc2)C(=C/C=c2\c3cccc4c(OCCCC)ccc(c43)n2CCCC)/CC1)c1cccc2c(OCCCC)ccc(NCCCC)c12. The Morgan fingerprint density at radius 3 is 2.07 bits per heavy atom. The summed E-state index contributed by atoms with van der Waals surface area (Å²) >= 11 is 0. The van der Waals surface area contributed by atoms with Crippen molar-refractivity contribution in [3.05, 3.63) is 143 Å². The van der Waals surface area contributed by atoms with E-state index in [-0.39, 0.29) is 0 Å². The molecule has 1 aliphatic rings. The lowest BCUT2D eigenvalue weighted by molar-refractivity contribution is 0.313. The van der Waals surface area contributed by atoms with Crippen LogP contribution in [0.15, 0.2) is 137 Å². The standard InChI is InChI=1S/C54H62N2O4S/c1-6-10-35-55-47-30-33-50(59-37-12-8-3)45-23-17-21-43(52(45)47)39(5)25-26-40-27-28-41(54(40)61(57,58)42-19-15-14-16-20-42)29-31-48-44-22-18-24-46-51(60-38-13-9-4)34-32-49(53(44)46)56(48)36-11-7-2/h14-26,29-34,55H,5-13,27-28,35-38H2,1-4H3/b26-25+,41-29+,48-31+. The van der Waals surface area contributed by atoms with Crippen LogP contribution < -0.4 is 20.1 Å². The molecule has 6 aromatic rings. The van der Waals surface area contributed by atoms with Gasteiger partial charge in [-0.2, -0.15) is 0 Å². The molecule has 1 aromatic heterocycles. The second-order valence-electron chi connectivity index (χ2n) is 16.1. The monoisotopic (exact) mass is 834 g/mol. The molecule has 318 valence electrons. The maximum absolute atomic E-state index is 14.7. The first-order chi connectivity index (χ1) is 29.8. The zero-order valence-electron chi connectivity index (χ0n) is 36.6. The van der Waals surface area contributed by atoms with E-state index in [1.807, 2.05) is 18.2 Å². The number of rotatable bonds is 21. The Labute approximate surface area is 363 Å². The van der Waals surface area contributed by atoms with E-state index in [1.165, 1.54) is 10.9 Å². The Morgan fingerprint density at radius 2 is 1.36 bits per heavy atom. The fraction of sp³-hybridized carbons (Fsp3) is 0.333. The van der Waals surface area contributed by atoms with Gasteiger partial charge in [-0.15, -0.1) is 0 Å². The second-order valence-corrected chi connectivity index (χ2v) is 18.0. The predicted octanol–water partition coefficient (Wildman–Crippen LogP) is 13.5. The second kappa shape index (κ2) is 20.4. The molecular formula is C54H62N2O4S. The van der Waals surface area contributed by atoms with Crippen molar-refractivity contribution in [2.75, 3.05) is 25.1 Å². The molecule has 0 fully saturated rings.